The van der Waals surface area contributed by atoms with Crippen LogP contribution in [-0.2, 0) is 0 Å². The number of aromatic nitrogens is 1. The Bertz CT molecular complexity index is 1100. The van der Waals surface area contributed by atoms with Crippen molar-refractivity contribution in [2.75, 3.05) is 21.3 Å². The summed E-state index contributed by atoms with van der Waals surface area (Å²) in [5.41, 5.74) is 0.396. The number of methoxy groups -OCH3 is 3. The van der Waals surface area contributed by atoms with E-state index in [2.05, 4.69) is 4.98 Å². The van der Waals surface area contributed by atoms with Gasteiger partial charge in [-0.25, -0.2) is 0 Å². The number of aromatic amines is 1. The lowest BCUT2D eigenvalue weighted by molar-refractivity contribution is 0.103. The van der Waals surface area contributed by atoms with Gasteiger partial charge in [-0.1, -0.05) is 0 Å². The number of carbonyl (C=O) groups is 1. The SMILES string of the molecule is COc1cc(/C=c2/s/c(=C\C(=O)c3ccco3)[nH]c2=O)cc(OC)c1OC. The van der Waals surface area contributed by atoms with Crippen molar-refractivity contribution in [1.82, 2.24) is 4.98 Å². The largest absolute Gasteiger partial charge is 0.493 e. The van der Waals surface area contributed by atoms with Crippen LogP contribution in [0.3, 0.4) is 0 Å². The number of hydrogen-bond acceptors (Lipinski definition) is 7. The lowest BCUT2D eigenvalue weighted by atomic mass is 10.1. The van der Waals surface area contributed by atoms with Gasteiger partial charge in [0.15, 0.2) is 17.3 Å². The fraction of sp³-hybridized carbons (Fsp3) is 0.158. The zero-order valence-corrected chi connectivity index (χ0v) is 15.7. The third-order valence-electron chi connectivity index (χ3n) is 3.69. The first-order chi connectivity index (χ1) is 13.0. The molecule has 0 amide bonds. The number of nitrogens with one attached hydrogen (secondary N) is 1. The smallest absolute Gasteiger partial charge is 0.266 e. The Morgan fingerprint density at radius 3 is 2.41 bits per heavy atom. The molecule has 1 aromatic carbocycles. The van der Waals surface area contributed by atoms with Crippen molar-refractivity contribution in [3.05, 3.63) is 61.4 Å². The van der Waals surface area contributed by atoms with Crippen LogP contribution in [0.2, 0.25) is 0 Å². The summed E-state index contributed by atoms with van der Waals surface area (Å²) in [6.45, 7) is 0. The maximum Gasteiger partial charge on any atom is 0.266 e. The van der Waals surface area contributed by atoms with E-state index in [1.165, 1.54) is 33.7 Å². The Morgan fingerprint density at radius 1 is 1.15 bits per heavy atom. The number of carbonyl (C=O) groups excluding carboxylic acids is 1. The van der Waals surface area contributed by atoms with Crippen LogP contribution in [-0.4, -0.2) is 32.1 Å². The number of Topliss-reactive ketones (excluding diaryl/α,β-unsaturated/α-hetero) is 1. The molecule has 0 fully saturated rings. The number of ketones is 1. The number of thiazole rings is 1. The van der Waals surface area contributed by atoms with Gasteiger partial charge < -0.3 is 23.6 Å². The van der Waals surface area contributed by atoms with Gasteiger partial charge >= 0.3 is 0 Å². The van der Waals surface area contributed by atoms with Crippen molar-refractivity contribution in [3.8, 4) is 17.2 Å². The van der Waals surface area contributed by atoms with Crippen LogP contribution in [0, 0.1) is 0 Å². The van der Waals surface area contributed by atoms with E-state index >= 15 is 0 Å². The average molecular weight is 387 g/mol. The van der Waals surface area contributed by atoms with Gasteiger partial charge in [-0.3, -0.25) is 9.59 Å². The van der Waals surface area contributed by atoms with E-state index in [9.17, 15) is 9.59 Å². The first-order valence-corrected chi connectivity index (χ1v) is 8.67. The summed E-state index contributed by atoms with van der Waals surface area (Å²) in [6.07, 6.45) is 4.43. The average Bonchev–Trinajstić information content (AvgIpc) is 3.31. The van der Waals surface area contributed by atoms with Crippen molar-refractivity contribution in [2.24, 2.45) is 0 Å². The molecule has 8 heteroatoms. The fourth-order valence-electron chi connectivity index (χ4n) is 2.47. The molecular weight excluding hydrogens is 370 g/mol. The molecule has 0 saturated heterocycles. The Kier molecular flexibility index (Phi) is 5.46. The molecule has 27 heavy (non-hydrogen) atoms. The second kappa shape index (κ2) is 7.96. The number of H-pyrrole nitrogens is 1. The molecule has 0 spiro atoms. The van der Waals surface area contributed by atoms with Gasteiger partial charge in [0.1, 0.15) is 0 Å². The van der Waals surface area contributed by atoms with Crippen LogP contribution in [0.4, 0.5) is 0 Å². The molecule has 0 radical (unpaired) electrons. The second-order valence-corrected chi connectivity index (χ2v) is 6.46. The van der Waals surface area contributed by atoms with Gasteiger partial charge in [-0.15, -0.1) is 11.3 Å². The minimum Gasteiger partial charge on any atom is -0.493 e. The summed E-state index contributed by atoms with van der Waals surface area (Å²) in [5, 5.41) is 0. The van der Waals surface area contributed by atoms with Crippen molar-refractivity contribution in [3.63, 3.8) is 0 Å². The summed E-state index contributed by atoms with van der Waals surface area (Å²) in [6, 6.07) is 6.66. The topological polar surface area (TPSA) is 90.8 Å². The molecule has 1 N–H and O–H groups in total. The Hall–Kier alpha value is -3.26. The zero-order valence-electron chi connectivity index (χ0n) is 14.9. The minimum absolute atomic E-state index is 0.208. The Balaban J connectivity index is 2.05. The van der Waals surface area contributed by atoms with Gasteiger partial charge in [0.05, 0.1) is 36.8 Å². The molecule has 140 valence electrons. The van der Waals surface area contributed by atoms with Crippen molar-refractivity contribution in [2.45, 2.75) is 0 Å². The number of benzene rings is 1. The maximum absolute atomic E-state index is 12.2. The Morgan fingerprint density at radius 2 is 1.85 bits per heavy atom. The third-order valence-corrected chi connectivity index (χ3v) is 4.65. The van der Waals surface area contributed by atoms with Gasteiger partial charge in [-0.2, -0.15) is 0 Å². The molecule has 3 rings (SSSR count). The molecule has 0 aliphatic rings. The molecule has 0 bridgehead atoms. The number of furan rings is 1. The van der Waals surface area contributed by atoms with Gasteiger partial charge in [0.2, 0.25) is 11.5 Å². The fourth-order valence-corrected chi connectivity index (χ4v) is 3.35. The summed E-state index contributed by atoms with van der Waals surface area (Å²) in [5.74, 6) is 1.32. The van der Waals surface area contributed by atoms with Crippen LogP contribution in [0.15, 0.2) is 39.7 Å². The van der Waals surface area contributed by atoms with Crippen LogP contribution in [0.1, 0.15) is 16.1 Å². The summed E-state index contributed by atoms with van der Waals surface area (Å²) in [7, 11) is 4.56. The highest BCUT2D eigenvalue weighted by molar-refractivity contribution is 7.07. The first kappa shape index (κ1) is 18.5. The van der Waals surface area contributed by atoms with E-state index in [0.717, 1.165) is 11.3 Å². The van der Waals surface area contributed by atoms with E-state index in [4.69, 9.17) is 18.6 Å². The number of ether oxygens (including phenoxy) is 3. The molecule has 7 nitrogen and oxygen atoms in total. The highest BCUT2D eigenvalue weighted by Crippen LogP contribution is 2.38. The molecule has 0 aliphatic heterocycles. The highest BCUT2D eigenvalue weighted by Gasteiger charge is 2.12. The summed E-state index contributed by atoms with van der Waals surface area (Å²) in [4.78, 5) is 27.0. The molecule has 0 atom stereocenters. The van der Waals surface area contributed by atoms with Gasteiger partial charge in [-0.05, 0) is 35.9 Å². The van der Waals surface area contributed by atoms with Crippen LogP contribution < -0.4 is 29.0 Å². The van der Waals surface area contributed by atoms with Crippen LogP contribution in [0.25, 0.3) is 12.2 Å². The normalized spacial score (nSPS) is 12.3. The molecular formula is C19H17NO6S. The third kappa shape index (κ3) is 3.95. The lowest BCUT2D eigenvalue weighted by Crippen LogP contribution is -2.20. The predicted octanol–water partition coefficient (Wildman–Crippen LogP) is 1.55. The van der Waals surface area contributed by atoms with E-state index in [-0.39, 0.29) is 17.1 Å². The lowest BCUT2D eigenvalue weighted by Gasteiger charge is -2.12. The molecule has 3 aromatic rings. The van der Waals surface area contributed by atoms with Crippen molar-refractivity contribution in [1.29, 1.82) is 0 Å². The minimum atomic E-state index is -0.322. The van der Waals surface area contributed by atoms with Gasteiger partial charge in [0.25, 0.3) is 5.56 Å². The standard InChI is InChI=1S/C19H17NO6S/c1-23-14-7-11(8-15(24-2)18(14)25-3)9-16-19(22)20-17(27-16)10-12(21)13-5-4-6-26-13/h4-10H,1-3H3,(H,20,22)/b16-9+,17-10-. The molecule has 0 unspecified atom stereocenters. The molecule has 2 heterocycles. The highest BCUT2D eigenvalue weighted by atomic mass is 32.1. The van der Waals surface area contributed by atoms with Crippen LogP contribution >= 0.6 is 11.3 Å². The van der Waals surface area contributed by atoms with E-state index < -0.39 is 0 Å². The quantitative estimate of drug-likeness (QED) is 0.646. The Labute approximate surface area is 158 Å². The second-order valence-electron chi connectivity index (χ2n) is 5.37. The van der Waals surface area contributed by atoms with E-state index in [1.807, 2.05) is 0 Å². The molecule has 2 aromatic heterocycles. The van der Waals surface area contributed by atoms with E-state index in [1.54, 1.807) is 30.3 Å². The molecule has 0 saturated carbocycles. The summed E-state index contributed by atoms with van der Waals surface area (Å²) < 4.78 is 21.8. The maximum atomic E-state index is 12.2. The van der Waals surface area contributed by atoms with Crippen molar-refractivity contribution < 1.29 is 23.4 Å². The number of rotatable bonds is 6. The molecule has 0 aliphatic carbocycles. The first-order valence-electron chi connectivity index (χ1n) is 7.86. The van der Waals surface area contributed by atoms with E-state index in [0.29, 0.717) is 32.0 Å². The zero-order chi connectivity index (χ0) is 19.4. The van der Waals surface area contributed by atoms with Crippen molar-refractivity contribution >= 4 is 29.3 Å². The van der Waals surface area contributed by atoms with Crippen LogP contribution in [0.5, 0.6) is 17.2 Å². The summed E-state index contributed by atoms with van der Waals surface area (Å²) >= 11 is 1.16. The number of hydrogen-bond donors (Lipinski definition) is 1. The predicted molar refractivity (Wildman–Crippen MR) is 101 cm³/mol. The monoisotopic (exact) mass is 387 g/mol. The van der Waals surface area contributed by atoms with Gasteiger partial charge in [0, 0.05) is 6.08 Å².